The zero-order valence-corrected chi connectivity index (χ0v) is 13.7. The Hall–Kier alpha value is -0.0800. The number of nitrogens with zero attached hydrogens (tertiary/aromatic N) is 1. The normalized spacial score (nSPS) is 33.2. The molecule has 2 rings (SSSR count). The van der Waals surface area contributed by atoms with E-state index in [1.165, 1.54) is 38.8 Å². The lowest BCUT2D eigenvalue weighted by atomic mass is 9.84. The maximum atomic E-state index is 3.77. The van der Waals surface area contributed by atoms with Gasteiger partial charge in [-0.25, -0.2) is 0 Å². The van der Waals surface area contributed by atoms with Crippen molar-refractivity contribution in [2.75, 3.05) is 19.6 Å². The van der Waals surface area contributed by atoms with E-state index in [4.69, 9.17) is 0 Å². The van der Waals surface area contributed by atoms with Gasteiger partial charge in [-0.3, -0.25) is 4.90 Å². The molecule has 1 aliphatic heterocycles. The van der Waals surface area contributed by atoms with Crippen LogP contribution in [0.25, 0.3) is 0 Å². The molecule has 2 heteroatoms. The van der Waals surface area contributed by atoms with Gasteiger partial charge in [-0.2, -0.15) is 0 Å². The average Bonchev–Trinajstić information content (AvgIpc) is 2.66. The molecule has 112 valence electrons. The van der Waals surface area contributed by atoms with Gasteiger partial charge in [-0.15, -0.1) is 0 Å². The van der Waals surface area contributed by atoms with Gasteiger partial charge in [0.25, 0.3) is 0 Å². The highest BCUT2D eigenvalue weighted by molar-refractivity contribution is 5.01. The Bertz CT molecular complexity index is 277. The standard InChI is InChI=1S/C17H34N2/c1-6-18-16-15(7-10-17(16,4)5)19-11-8-14(9-12-19)13(2)3/h13-16,18H,6-12H2,1-5H3. The Morgan fingerprint density at radius 3 is 2.32 bits per heavy atom. The fraction of sp³-hybridized carbons (Fsp3) is 1.00. The number of likely N-dealkylation sites (tertiary alicyclic amines) is 1. The summed E-state index contributed by atoms with van der Waals surface area (Å²) in [6.45, 7) is 15.7. The average molecular weight is 266 g/mol. The van der Waals surface area contributed by atoms with Crippen LogP contribution in [0.3, 0.4) is 0 Å². The third-order valence-electron chi connectivity index (χ3n) is 5.72. The van der Waals surface area contributed by atoms with E-state index in [0.717, 1.165) is 24.4 Å². The second kappa shape index (κ2) is 6.13. The lowest BCUT2D eigenvalue weighted by Gasteiger charge is -2.42. The number of nitrogens with one attached hydrogen (secondary N) is 1. The zero-order chi connectivity index (χ0) is 14.0. The van der Waals surface area contributed by atoms with Crippen LogP contribution in [0, 0.1) is 17.3 Å². The molecule has 0 aromatic carbocycles. The van der Waals surface area contributed by atoms with Crippen molar-refractivity contribution >= 4 is 0 Å². The Morgan fingerprint density at radius 1 is 1.16 bits per heavy atom. The largest absolute Gasteiger partial charge is 0.312 e. The molecule has 19 heavy (non-hydrogen) atoms. The molecular weight excluding hydrogens is 232 g/mol. The molecule has 0 spiro atoms. The predicted molar refractivity (Wildman–Crippen MR) is 83.4 cm³/mol. The molecule has 0 bridgehead atoms. The summed E-state index contributed by atoms with van der Waals surface area (Å²) in [6, 6.07) is 1.47. The molecular formula is C17H34N2. The molecule has 0 aromatic heterocycles. The van der Waals surface area contributed by atoms with Crippen LogP contribution in [0.1, 0.15) is 60.3 Å². The maximum absolute atomic E-state index is 3.77. The van der Waals surface area contributed by atoms with Gasteiger partial charge in [0, 0.05) is 12.1 Å². The number of piperidine rings is 1. The molecule has 1 heterocycles. The summed E-state index contributed by atoms with van der Waals surface area (Å²) in [7, 11) is 0. The Balaban J connectivity index is 1.95. The van der Waals surface area contributed by atoms with Gasteiger partial charge in [0.1, 0.15) is 0 Å². The minimum absolute atomic E-state index is 0.468. The molecule has 2 unspecified atom stereocenters. The van der Waals surface area contributed by atoms with Crippen LogP contribution in [0.5, 0.6) is 0 Å². The van der Waals surface area contributed by atoms with E-state index in [0.29, 0.717) is 11.5 Å². The van der Waals surface area contributed by atoms with Crippen LogP contribution >= 0.6 is 0 Å². The summed E-state index contributed by atoms with van der Waals surface area (Å²) in [5.74, 6) is 1.83. The first-order valence-corrected chi connectivity index (χ1v) is 8.43. The van der Waals surface area contributed by atoms with E-state index < -0.39 is 0 Å². The lowest BCUT2D eigenvalue weighted by Crippen LogP contribution is -2.53. The SMILES string of the molecule is CCNC1C(N2CCC(C(C)C)CC2)CCC1(C)C. The Labute approximate surface area is 120 Å². The molecule has 0 radical (unpaired) electrons. The minimum atomic E-state index is 0.468. The molecule has 1 saturated heterocycles. The number of hydrogen-bond donors (Lipinski definition) is 1. The van der Waals surface area contributed by atoms with Crippen LogP contribution < -0.4 is 5.32 Å². The Morgan fingerprint density at radius 2 is 1.79 bits per heavy atom. The highest BCUT2D eigenvalue weighted by Gasteiger charge is 2.44. The molecule has 0 amide bonds. The summed E-state index contributed by atoms with van der Waals surface area (Å²) >= 11 is 0. The van der Waals surface area contributed by atoms with Crippen LogP contribution in [0.4, 0.5) is 0 Å². The van der Waals surface area contributed by atoms with Gasteiger partial charge >= 0.3 is 0 Å². The van der Waals surface area contributed by atoms with E-state index >= 15 is 0 Å². The van der Waals surface area contributed by atoms with Crippen molar-refractivity contribution in [3.63, 3.8) is 0 Å². The summed E-state index contributed by atoms with van der Waals surface area (Å²) in [5, 5.41) is 3.77. The third-order valence-corrected chi connectivity index (χ3v) is 5.72. The Kier molecular flexibility index (Phi) is 4.94. The van der Waals surface area contributed by atoms with Gasteiger partial charge in [0.05, 0.1) is 0 Å². The summed E-state index contributed by atoms with van der Waals surface area (Å²) in [5.41, 5.74) is 0.468. The van der Waals surface area contributed by atoms with Crippen molar-refractivity contribution in [3.05, 3.63) is 0 Å². The first-order valence-electron chi connectivity index (χ1n) is 8.43. The quantitative estimate of drug-likeness (QED) is 0.837. The van der Waals surface area contributed by atoms with Crippen molar-refractivity contribution in [1.29, 1.82) is 0 Å². The molecule has 1 saturated carbocycles. The summed E-state index contributed by atoms with van der Waals surface area (Å²) in [4.78, 5) is 2.79. The van der Waals surface area contributed by atoms with E-state index in [1.54, 1.807) is 0 Å². The molecule has 2 nitrogen and oxygen atoms in total. The van der Waals surface area contributed by atoms with Gasteiger partial charge in [0.2, 0.25) is 0 Å². The van der Waals surface area contributed by atoms with Gasteiger partial charge < -0.3 is 5.32 Å². The predicted octanol–water partition coefficient (Wildman–Crippen LogP) is 3.52. The van der Waals surface area contributed by atoms with E-state index in [1.807, 2.05) is 0 Å². The number of likely N-dealkylation sites (N-methyl/N-ethyl adjacent to an activating group) is 1. The van der Waals surface area contributed by atoms with Crippen molar-refractivity contribution in [2.45, 2.75) is 72.4 Å². The van der Waals surface area contributed by atoms with Crippen LogP contribution in [0.15, 0.2) is 0 Å². The van der Waals surface area contributed by atoms with Crippen molar-refractivity contribution in [1.82, 2.24) is 10.2 Å². The molecule has 1 N–H and O–H groups in total. The van der Waals surface area contributed by atoms with Crippen LogP contribution in [-0.4, -0.2) is 36.6 Å². The van der Waals surface area contributed by atoms with E-state index in [2.05, 4.69) is 44.8 Å². The molecule has 1 aliphatic carbocycles. The molecule has 0 aromatic rings. The second-order valence-electron chi connectivity index (χ2n) is 7.75. The smallest absolute Gasteiger partial charge is 0.0274 e. The first-order chi connectivity index (χ1) is 8.95. The summed E-state index contributed by atoms with van der Waals surface area (Å²) in [6.07, 6.45) is 5.58. The highest BCUT2D eigenvalue weighted by atomic mass is 15.2. The molecule has 2 fully saturated rings. The van der Waals surface area contributed by atoms with Crippen LogP contribution in [0.2, 0.25) is 0 Å². The number of rotatable bonds is 4. The van der Waals surface area contributed by atoms with E-state index in [-0.39, 0.29) is 0 Å². The molecule has 2 aliphatic rings. The second-order valence-corrected chi connectivity index (χ2v) is 7.75. The monoisotopic (exact) mass is 266 g/mol. The fourth-order valence-electron chi connectivity index (χ4n) is 4.31. The van der Waals surface area contributed by atoms with Crippen molar-refractivity contribution in [3.8, 4) is 0 Å². The minimum Gasteiger partial charge on any atom is -0.312 e. The fourth-order valence-corrected chi connectivity index (χ4v) is 4.31. The maximum Gasteiger partial charge on any atom is 0.0274 e. The van der Waals surface area contributed by atoms with Gasteiger partial charge in [-0.1, -0.05) is 34.6 Å². The van der Waals surface area contributed by atoms with Gasteiger partial charge in [0.15, 0.2) is 0 Å². The van der Waals surface area contributed by atoms with Gasteiger partial charge in [-0.05, 0) is 62.6 Å². The van der Waals surface area contributed by atoms with Crippen molar-refractivity contribution in [2.24, 2.45) is 17.3 Å². The van der Waals surface area contributed by atoms with E-state index in [9.17, 15) is 0 Å². The lowest BCUT2D eigenvalue weighted by molar-refractivity contribution is 0.0900. The number of hydrogen-bond acceptors (Lipinski definition) is 2. The third kappa shape index (κ3) is 3.33. The van der Waals surface area contributed by atoms with Crippen molar-refractivity contribution < 1.29 is 0 Å². The zero-order valence-electron chi connectivity index (χ0n) is 13.7. The summed E-state index contributed by atoms with van der Waals surface area (Å²) < 4.78 is 0. The van der Waals surface area contributed by atoms with Crippen LogP contribution in [-0.2, 0) is 0 Å². The topological polar surface area (TPSA) is 15.3 Å². The molecule has 2 atom stereocenters. The first kappa shape index (κ1) is 15.3. The highest BCUT2D eigenvalue weighted by Crippen LogP contribution is 2.41.